The Morgan fingerprint density at radius 2 is 1.32 bits per heavy atom. The zero-order valence-electron chi connectivity index (χ0n) is 11.3. The van der Waals surface area contributed by atoms with Gasteiger partial charge in [-0.05, 0) is 48.5 Å². The van der Waals surface area contributed by atoms with Crippen LogP contribution in [0.4, 0.5) is 0 Å². The van der Waals surface area contributed by atoms with Crippen molar-refractivity contribution in [1.82, 2.24) is 0 Å². The summed E-state index contributed by atoms with van der Waals surface area (Å²) < 4.78 is 5.97. The van der Waals surface area contributed by atoms with Gasteiger partial charge < -0.3 is 4.74 Å². The van der Waals surface area contributed by atoms with Crippen LogP contribution < -0.4 is 4.74 Å². The fraction of sp³-hybridized carbons (Fsp3) is 0.250. The van der Waals surface area contributed by atoms with E-state index in [0.29, 0.717) is 5.02 Å². The van der Waals surface area contributed by atoms with Crippen molar-refractivity contribution < 1.29 is 4.74 Å². The lowest BCUT2D eigenvalue weighted by Crippen LogP contribution is -2.06. The Morgan fingerprint density at radius 1 is 0.842 bits per heavy atom. The number of hydrogen-bond acceptors (Lipinski definition) is 2. The number of benzene rings is 2. The van der Waals surface area contributed by atoms with Crippen LogP contribution in [0.5, 0.6) is 11.5 Å². The quantitative estimate of drug-likeness (QED) is 0.639. The summed E-state index contributed by atoms with van der Waals surface area (Å²) in [4.78, 5) is 1.25. The van der Waals surface area contributed by atoms with Gasteiger partial charge in [0.25, 0.3) is 0 Å². The summed E-state index contributed by atoms with van der Waals surface area (Å²) in [5, 5.41) is 0.712. The second kappa shape index (κ2) is 5.89. The molecule has 3 heteroatoms. The van der Waals surface area contributed by atoms with E-state index < -0.39 is 0 Å². The highest BCUT2D eigenvalue weighted by atomic mass is 35.5. The van der Waals surface area contributed by atoms with E-state index >= 15 is 0 Å². The third-order valence-corrected chi connectivity index (χ3v) is 3.67. The third kappa shape index (κ3) is 4.81. The molecule has 2 aromatic rings. The van der Waals surface area contributed by atoms with Crippen LogP contribution in [0.25, 0.3) is 0 Å². The molecule has 0 fully saturated rings. The summed E-state index contributed by atoms with van der Waals surface area (Å²) >= 11 is 7.68. The van der Waals surface area contributed by atoms with Crippen LogP contribution in [-0.2, 0) is 0 Å². The van der Waals surface area contributed by atoms with Gasteiger partial charge in [-0.1, -0.05) is 32.4 Å². The SMILES string of the molecule is CC(C)(C)Sc1ccc(Oc2ccc(Cl)cc2)cc1. The van der Waals surface area contributed by atoms with Crippen LogP contribution in [0.2, 0.25) is 5.02 Å². The molecule has 0 radical (unpaired) electrons. The van der Waals surface area contributed by atoms with Gasteiger partial charge in [-0.2, -0.15) is 0 Å². The fourth-order valence-electron chi connectivity index (χ4n) is 1.57. The van der Waals surface area contributed by atoms with E-state index in [1.165, 1.54) is 4.90 Å². The normalized spacial score (nSPS) is 11.4. The van der Waals surface area contributed by atoms with Crippen molar-refractivity contribution >= 4 is 23.4 Å². The van der Waals surface area contributed by atoms with Gasteiger partial charge >= 0.3 is 0 Å². The molecule has 0 heterocycles. The zero-order chi connectivity index (χ0) is 13.9. The van der Waals surface area contributed by atoms with Crippen LogP contribution in [0.1, 0.15) is 20.8 Å². The molecule has 0 aromatic heterocycles. The average molecular weight is 293 g/mol. The van der Waals surface area contributed by atoms with Crippen molar-refractivity contribution in [3.8, 4) is 11.5 Å². The van der Waals surface area contributed by atoms with Crippen LogP contribution in [0.3, 0.4) is 0 Å². The highest BCUT2D eigenvalue weighted by Gasteiger charge is 2.11. The summed E-state index contributed by atoms with van der Waals surface area (Å²) in [6, 6.07) is 15.5. The predicted octanol–water partition coefficient (Wildman–Crippen LogP) is 6.02. The summed E-state index contributed by atoms with van der Waals surface area (Å²) in [6.07, 6.45) is 0. The minimum Gasteiger partial charge on any atom is -0.457 e. The Bertz CT molecular complexity index is 526. The van der Waals surface area contributed by atoms with E-state index in [1.807, 2.05) is 48.2 Å². The molecular formula is C16H17ClOS. The van der Waals surface area contributed by atoms with E-state index in [9.17, 15) is 0 Å². The van der Waals surface area contributed by atoms with E-state index in [-0.39, 0.29) is 4.75 Å². The monoisotopic (exact) mass is 292 g/mol. The van der Waals surface area contributed by atoms with Gasteiger partial charge in [-0.25, -0.2) is 0 Å². The average Bonchev–Trinajstić information content (AvgIpc) is 2.33. The first-order valence-electron chi connectivity index (χ1n) is 6.15. The topological polar surface area (TPSA) is 9.23 Å². The Labute approximate surface area is 123 Å². The van der Waals surface area contributed by atoms with Crippen molar-refractivity contribution in [2.24, 2.45) is 0 Å². The largest absolute Gasteiger partial charge is 0.457 e. The third-order valence-electron chi connectivity index (χ3n) is 2.30. The first-order valence-corrected chi connectivity index (χ1v) is 7.34. The second-order valence-corrected chi connectivity index (χ2v) is 7.58. The molecule has 0 aliphatic carbocycles. The number of ether oxygens (including phenoxy) is 1. The highest BCUT2D eigenvalue weighted by molar-refractivity contribution is 8.00. The molecule has 0 spiro atoms. The zero-order valence-corrected chi connectivity index (χ0v) is 12.9. The number of hydrogen-bond donors (Lipinski definition) is 0. The number of thioether (sulfide) groups is 1. The maximum atomic E-state index is 5.84. The van der Waals surface area contributed by atoms with E-state index in [4.69, 9.17) is 16.3 Å². The molecule has 0 unspecified atom stereocenters. The number of halogens is 1. The molecule has 0 aliphatic heterocycles. The standard InChI is InChI=1S/C16H17ClOS/c1-16(2,3)19-15-10-8-14(9-11-15)18-13-6-4-12(17)5-7-13/h4-11H,1-3H3. The maximum absolute atomic E-state index is 5.84. The molecule has 0 bridgehead atoms. The molecule has 0 saturated heterocycles. The molecule has 100 valence electrons. The highest BCUT2D eigenvalue weighted by Crippen LogP contribution is 2.33. The summed E-state index contributed by atoms with van der Waals surface area (Å²) in [5.74, 6) is 1.63. The van der Waals surface area contributed by atoms with Crippen LogP contribution in [0, 0.1) is 0 Å². The lowest BCUT2D eigenvalue weighted by Gasteiger charge is -2.17. The molecular weight excluding hydrogens is 276 g/mol. The molecule has 0 N–H and O–H groups in total. The van der Waals surface area contributed by atoms with E-state index in [2.05, 4.69) is 32.9 Å². The minimum atomic E-state index is 0.221. The van der Waals surface area contributed by atoms with Gasteiger partial charge in [0.05, 0.1) is 0 Å². The lowest BCUT2D eigenvalue weighted by molar-refractivity contribution is 0.482. The van der Waals surface area contributed by atoms with E-state index in [0.717, 1.165) is 11.5 Å². The fourth-order valence-corrected chi connectivity index (χ4v) is 2.67. The molecule has 19 heavy (non-hydrogen) atoms. The molecule has 0 aliphatic rings. The summed E-state index contributed by atoms with van der Waals surface area (Å²) in [5.41, 5.74) is 0. The van der Waals surface area contributed by atoms with Gasteiger partial charge in [-0.15, -0.1) is 11.8 Å². The van der Waals surface area contributed by atoms with E-state index in [1.54, 1.807) is 0 Å². The molecule has 2 aromatic carbocycles. The lowest BCUT2D eigenvalue weighted by atomic mass is 10.3. The van der Waals surface area contributed by atoms with Crippen LogP contribution >= 0.6 is 23.4 Å². The molecule has 1 nitrogen and oxygen atoms in total. The molecule has 0 saturated carbocycles. The van der Waals surface area contributed by atoms with Crippen molar-refractivity contribution in [3.05, 3.63) is 53.6 Å². The van der Waals surface area contributed by atoms with Crippen LogP contribution in [-0.4, -0.2) is 4.75 Å². The van der Waals surface area contributed by atoms with Gasteiger partial charge in [0.15, 0.2) is 0 Å². The minimum absolute atomic E-state index is 0.221. The van der Waals surface area contributed by atoms with Gasteiger partial charge in [0.2, 0.25) is 0 Å². The maximum Gasteiger partial charge on any atom is 0.127 e. The van der Waals surface area contributed by atoms with Gasteiger partial charge in [0.1, 0.15) is 11.5 Å². The van der Waals surface area contributed by atoms with Gasteiger partial charge in [-0.3, -0.25) is 0 Å². The predicted molar refractivity (Wildman–Crippen MR) is 83.6 cm³/mol. The summed E-state index contributed by atoms with van der Waals surface area (Å²) in [6.45, 7) is 6.61. The first-order chi connectivity index (χ1) is 8.92. The van der Waals surface area contributed by atoms with Gasteiger partial charge in [0, 0.05) is 14.7 Å². The molecule has 0 amide bonds. The second-order valence-electron chi connectivity index (χ2n) is 5.24. The van der Waals surface area contributed by atoms with Crippen LogP contribution in [0.15, 0.2) is 53.4 Å². The van der Waals surface area contributed by atoms with Crippen molar-refractivity contribution in [2.75, 3.05) is 0 Å². The summed E-state index contributed by atoms with van der Waals surface area (Å²) in [7, 11) is 0. The first kappa shape index (κ1) is 14.3. The Hall–Kier alpha value is -1.12. The smallest absolute Gasteiger partial charge is 0.127 e. The Balaban J connectivity index is 2.04. The number of rotatable bonds is 3. The molecule has 2 rings (SSSR count). The van der Waals surface area contributed by atoms with Crippen molar-refractivity contribution in [1.29, 1.82) is 0 Å². The molecule has 0 atom stereocenters. The van der Waals surface area contributed by atoms with Crippen molar-refractivity contribution in [3.63, 3.8) is 0 Å². The van der Waals surface area contributed by atoms with Crippen molar-refractivity contribution in [2.45, 2.75) is 30.4 Å². The Morgan fingerprint density at radius 3 is 1.79 bits per heavy atom. The Kier molecular flexibility index (Phi) is 4.43.